The number of benzene rings is 8. The molecular formula is C46H29NOS. The first-order chi connectivity index (χ1) is 24.3. The van der Waals surface area contributed by atoms with E-state index in [9.17, 15) is 0 Å². The average molecular weight is 644 g/mol. The van der Waals surface area contributed by atoms with Crippen LogP contribution in [-0.2, 0) is 0 Å². The molecule has 0 radical (unpaired) electrons. The summed E-state index contributed by atoms with van der Waals surface area (Å²) in [4.78, 5) is 2.39. The van der Waals surface area contributed by atoms with Crippen LogP contribution in [0.1, 0.15) is 0 Å². The van der Waals surface area contributed by atoms with Crippen LogP contribution in [0.25, 0.3) is 75.1 Å². The Morgan fingerprint density at radius 1 is 0.429 bits per heavy atom. The van der Waals surface area contributed by atoms with Crippen LogP contribution in [0.5, 0.6) is 0 Å². The Labute approximate surface area is 287 Å². The smallest absolute Gasteiger partial charge is 0.159 e. The van der Waals surface area contributed by atoms with E-state index in [1.807, 2.05) is 11.3 Å². The molecule has 10 rings (SSSR count). The lowest BCUT2D eigenvalue weighted by Crippen LogP contribution is -2.10. The number of thiophene rings is 1. The van der Waals surface area contributed by atoms with Gasteiger partial charge in [0.2, 0.25) is 0 Å². The van der Waals surface area contributed by atoms with Crippen LogP contribution in [0.15, 0.2) is 180 Å². The Kier molecular flexibility index (Phi) is 6.39. The van der Waals surface area contributed by atoms with Crippen molar-refractivity contribution < 1.29 is 4.42 Å². The summed E-state index contributed by atoms with van der Waals surface area (Å²) in [6.45, 7) is 0. The molecule has 230 valence electrons. The maximum Gasteiger partial charge on any atom is 0.159 e. The van der Waals surface area contributed by atoms with Gasteiger partial charge in [-0.15, -0.1) is 11.3 Å². The van der Waals surface area contributed by atoms with Gasteiger partial charge in [-0.05, 0) is 69.4 Å². The first-order valence-electron chi connectivity index (χ1n) is 16.6. The summed E-state index contributed by atoms with van der Waals surface area (Å²) in [5.74, 6) is 0. The molecule has 2 heterocycles. The zero-order chi connectivity index (χ0) is 32.3. The summed E-state index contributed by atoms with van der Waals surface area (Å²) in [5.41, 5.74) is 9.72. The molecule has 0 saturated carbocycles. The highest BCUT2D eigenvalue weighted by molar-refractivity contribution is 7.26. The molecule has 0 aliphatic rings. The number of fused-ring (bicyclic) bond motifs is 8. The highest BCUT2D eigenvalue weighted by atomic mass is 32.1. The molecule has 0 saturated heterocycles. The number of hydrogen-bond acceptors (Lipinski definition) is 3. The minimum absolute atomic E-state index is 0.873. The molecule has 2 nitrogen and oxygen atoms in total. The number of furan rings is 1. The SMILES string of the molecule is c1ccc(-c2ccc(N(c3cccc4c3oc3cc(-c5ccccc5)c5ccccc5c34)c3cccc4c3sc3ccccc34)cc2)cc1. The number of nitrogens with zero attached hydrogens (tertiary/aromatic N) is 1. The van der Waals surface area contributed by atoms with Gasteiger partial charge in [-0.3, -0.25) is 0 Å². The van der Waals surface area contributed by atoms with E-state index in [0.717, 1.165) is 39.0 Å². The van der Waals surface area contributed by atoms with Gasteiger partial charge < -0.3 is 9.32 Å². The van der Waals surface area contributed by atoms with Gasteiger partial charge in [-0.1, -0.05) is 140 Å². The fourth-order valence-corrected chi connectivity index (χ4v) is 8.64. The van der Waals surface area contributed by atoms with Gasteiger partial charge in [0.25, 0.3) is 0 Å². The van der Waals surface area contributed by atoms with Gasteiger partial charge in [0.15, 0.2) is 5.58 Å². The van der Waals surface area contributed by atoms with E-state index in [4.69, 9.17) is 4.42 Å². The summed E-state index contributed by atoms with van der Waals surface area (Å²) >= 11 is 1.85. The van der Waals surface area contributed by atoms with E-state index in [1.165, 1.54) is 53.2 Å². The Balaban J connectivity index is 1.26. The molecular weight excluding hydrogens is 615 g/mol. The maximum absolute atomic E-state index is 7.00. The third kappa shape index (κ3) is 4.47. The second-order valence-electron chi connectivity index (χ2n) is 12.5. The molecule has 0 aliphatic carbocycles. The Bertz CT molecular complexity index is 2810. The minimum Gasteiger partial charge on any atom is -0.454 e. The van der Waals surface area contributed by atoms with Crippen LogP contribution in [0.4, 0.5) is 17.1 Å². The molecule has 0 unspecified atom stereocenters. The first-order valence-corrected chi connectivity index (χ1v) is 17.4. The van der Waals surface area contributed by atoms with Gasteiger partial charge in [0.1, 0.15) is 5.58 Å². The normalized spacial score (nSPS) is 11.7. The van der Waals surface area contributed by atoms with Gasteiger partial charge in [-0.2, -0.15) is 0 Å². The van der Waals surface area contributed by atoms with Crippen LogP contribution < -0.4 is 4.90 Å². The molecule has 0 N–H and O–H groups in total. The summed E-state index contributed by atoms with van der Waals surface area (Å²) < 4.78 is 9.54. The zero-order valence-electron chi connectivity index (χ0n) is 26.5. The fourth-order valence-electron chi connectivity index (χ4n) is 7.43. The van der Waals surface area contributed by atoms with E-state index < -0.39 is 0 Å². The van der Waals surface area contributed by atoms with Crippen molar-refractivity contribution in [2.24, 2.45) is 0 Å². The second kappa shape index (κ2) is 11.2. The lowest BCUT2D eigenvalue weighted by molar-refractivity contribution is 0.669. The number of para-hydroxylation sites is 1. The Morgan fingerprint density at radius 3 is 1.80 bits per heavy atom. The van der Waals surface area contributed by atoms with Crippen molar-refractivity contribution in [3.8, 4) is 22.3 Å². The first kappa shape index (κ1) is 27.9. The van der Waals surface area contributed by atoms with E-state index in [-0.39, 0.29) is 0 Å². The molecule has 3 heteroatoms. The molecule has 0 fully saturated rings. The van der Waals surface area contributed by atoms with Crippen LogP contribution in [0.3, 0.4) is 0 Å². The predicted octanol–water partition coefficient (Wildman–Crippen LogP) is 13.9. The molecule has 0 amide bonds. The van der Waals surface area contributed by atoms with E-state index in [0.29, 0.717) is 0 Å². The highest BCUT2D eigenvalue weighted by Crippen LogP contribution is 2.49. The summed E-state index contributed by atoms with van der Waals surface area (Å²) in [6, 6.07) is 63.0. The fraction of sp³-hybridized carbons (Fsp3) is 0. The van der Waals surface area contributed by atoms with Crippen molar-refractivity contribution in [1.29, 1.82) is 0 Å². The molecule has 10 aromatic rings. The van der Waals surface area contributed by atoms with Gasteiger partial charge in [-0.25, -0.2) is 0 Å². The molecule has 0 aliphatic heterocycles. The standard InChI is InChI=1S/C46H29NOS/c1-3-13-30(14-4-1)31-25-27-33(28-26-31)47(41-23-11-20-37-35-18-9-10-24-43(35)49-46(37)41)40-22-12-21-38-44-36-19-8-7-17-34(36)39(29-42(44)48-45(38)40)32-15-5-2-6-16-32/h1-29H. The highest BCUT2D eigenvalue weighted by Gasteiger charge is 2.23. The zero-order valence-corrected chi connectivity index (χ0v) is 27.3. The quantitative estimate of drug-likeness (QED) is 0.186. The molecule has 2 aromatic heterocycles. The van der Waals surface area contributed by atoms with Crippen molar-refractivity contribution in [1.82, 2.24) is 0 Å². The third-order valence-corrected chi connectivity index (χ3v) is 10.9. The summed E-state index contributed by atoms with van der Waals surface area (Å²) in [5, 5.41) is 7.21. The number of rotatable bonds is 5. The largest absolute Gasteiger partial charge is 0.454 e. The van der Waals surface area contributed by atoms with Gasteiger partial charge in [0, 0.05) is 31.9 Å². The Hall–Kier alpha value is -6.16. The average Bonchev–Trinajstić information content (AvgIpc) is 3.75. The van der Waals surface area contributed by atoms with Gasteiger partial charge >= 0.3 is 0 Å². The van der Waals surface area contributed by atoms with Crippen molar-refractivity contribution in [3.05, 3.63) is 176 Å². The van der Waals surface area contributed by atoms with Crippen molar-refractivity contribution in [3.63, 3.8) is 0 Å². The predicted molar refractivity (Wildman–Crippen MR) is 210 cm³/mol. The topological polar surface area (TPSA) is 16.4 Å². The van der Waals surface area contributed by atoms with Crippen molar-refractivity contribution >= 4 is 81.3 Å². The molecule has 8 aromatic carbocycles. The van der Waals surface area contributed by atoms with Crippen LogP contribution in [-0.4, -0.2) is 0 Å². The van der Waals surface area contributed by atoms with E-state index in [2.05, 4.69) is 181 Å². The third-order valence-electron chi connectivity index (χ3n) is 9.67. The lowest BCUT2D eigenvalue weighted by atomic mass is 9.95. The molecule has 0 bridgehead atoms. The number of hydrogen-bond donors (Lipinski definition) is 0. The van der Waals surface area contributed by atoms with Gasteiger partial charge in [0.05, 0.1) is 16.1 Å². The van der Waals surface area contributed by atoms with Crippen molar-refractivity contribution in [2.45, 2.75) is 0 Å². The second-order valence-corrected chi connectivity index (χ2v) is 13.5. The molecule has 0 spiro atoms. The Morgan fingerprint density at radius 2 is 1.02 bits per heavy atom. The summed E-state index contributed by atoms with van der Waals surface area (Å²) in [7, 11) is 0. The van der Waals surface area contributed by atoms with Crippen molar-refractivity contribution in [2.75, 3.05) is 4.90 Å². The maximum atomic E-state index is 7.00. The van der Waals surface area contributed by atoms with Crippen LogP contribution in [0, 0.1) is 0 Å². The lowest BCUT2D eigenvalue weighted by Gasteiger charge is -2.26. The monoisotopic (exact) mass is 643 g/mol. The van der Waals surface area contributed by atoms with Crippen LogP contribution in [0.2, 0.25) is 0 Å². The number of anilines is 3. The van der Waals surface area contributed by atoms with E-state index >= 15 is 0 Å². The van der Waals surface area contributed by atoms with Crippen LogP contribution >= 0.6 is 11.3 Å². The summed E-state index contributed by atoms with van der Waals surface area (Å²) in [6.07, 6.45) is 0. The minimum atomic E-state index is 0.873. The molecule has 49 heavy (non-hydrogen) atoms. The molecule has 0 atom stereocenters. The van der Waals surface area contributed by atoms with E-state index in [1.54, 1.807) is 0 Å².